The van der Waals surface area contributed by atoms with E-state index in [1.54, 1.807) is 6.20 Å². The fourth-order valence-electron chi connectivity index (χ4n) is 2.08. The Bertz CT molecular complexity index is 788. The number of nitrogen functional groups attached to an aromatic ring is 1. The summed E-state index contributed by atoms with van der Waals surface area (Å²) < 4.78 is 0.700. The van der Waals surface area contributed by atoms with E-state index in [4.69, 9.17) is 5.73 Å². The van der Waals surface area contributed by atoms with Crippen LogP contribution in [0.1, 0.15) is 5.56 Å². The Labute approximate surface area is 131 Å². The zero-order chi connectivity index (χ0) is 14.8. The van der Waals surface area contributed by atoms with Gasteiger partial charge in [0.1, 0.15) is 11.5 Å². The number of hydrogen-bond donors (Lipinski definition) is 1. The van der Waals surface area contributed by atoms with Gasteiger partial charge >= 0.3 is 0 Å². The van der Waals surface area contributed by atoms with Crippen molar-refractivity contribution in [1.29, 1.82) is 0 Å². The molecule has 0 radical (unpaired) electrons. The van der Waals surface area contributed by atoms with Crippen molar-refractivity contribution in [2.45, 2.75) is 6.92 Å². The Hall–Kier alpha value is -2.27. The van der Waals surface area contributed by atoms with Gasteiger partial charge in [-0.25, -0.2) is 9.97 Å². The van der Waals surface area contributed by atoms with Gasteiger partial charge in [-0.15, -0.1) is 0 Å². The number of pyridine rings is 1. The van der Waals surface area contributed by atoms with Gasteiger partial charge in [0.05, 0.1) is 10.2 Å². The first-order chi connectivity index (χ1) is 10.2. The summed E-state index contributed by atoms with van der Waals surface area (Å²) in [7, 11) is 0. The molecule has 3 aromatic rings. The summed E-state index contributed by atoms with van der Waals surface area (Å²) in [6, 6.07) is 13.7. The Balaban J connectivity index is 2.22. The molecule has 3 rings (SSSR count). The number of nitrogens with two attached hydrogens (primary N) is 1. The van der Waals surface area contributed by atoms with Gasteiger partial charge in [0.25, 0.3) is 0 Å². The van der Waals surface area contributed by atoms with Crippen molar-refractivity contribution in [2.75, 3.05) is 5.73 Å². The standard InChI is InChI=1S/C16H13BrN4/c1-10-6-5-9-19-13(10)16-20-14(12(17)15(18)21-16)11-7-3-2-4-8-11/h2-9H,1H3,(H2,18,20,21). The molecule has 0 saturated carbocycles. The fraction of sp³-hybridized carbons (Fsp3) is 0.0625. The molecule has 0 fully saturated rings. The average molecular weight is 341 g/mol. The van der Waals surface area contributed by atoms with Crippen LogP contribution in [0.3, 0.4) is 0 Å². The van der Waals surface area contributed by atoms with Crippen molar-refractivity contribution < 1.29 is 0 Å². The molecule has 2 N–H and O–H groups in total. The molecule has 0 saturated heterocycles. The van der Waals surface area contributed by atoms with E-state index in [2.05, 4.69) is 30.9 Å². The third-order valence-electron chi connectivity index (χ3n) is 3.15. The molecular weight excluding hydrogens is 328 g/mol. The van der Waals surface area contributed by atoms with E-state index in [1.165, 1.54) is 0 Å². The highest BCUT2D eigenvalue weighted by atomic mass is 79.9. The molecule has 21 heavy (non-hydrogen) atoms. The Morgan fingerprint density at radius 1 is 0.952 bits per heavy atom. The molecule has 2 aromatic heterocycles. The molecule has 0 spiro atoms. The number of halogens is 1. The predicted octanol–water partition coefficient (Wildman–Crippen LogP) is 3.86. The molecule has 2 heterocycles. The average Bonchev–Trinajstić information content (AvgIpc) is 2.51. The maximum atomic E-state index is 6.02. The van der Waals surface area contributed by atoms with Crippen LogP contribution >= 0.6 is 15.9 Å². The van der Waals surface area contributed by atoms with Crippen LogP contribution in [-0.2, 0) is 0 Å². The lowest BCUT2D eigenvalue weighted by atomic mass is 10.1. The summed E-state index contributed by atoms with van der Waals surface area (Å²) in [5.74, 6) is 0.941. The van der Waals surface area contributed by atoms with E-state index in [9.17, 15) is 0 Å². The van der Waals surface area contributed by atoms with Crippen molar-refractivity contribution in [1.82, 2.24) is 15.0 Å². The monoisotopic (exact) mass is 340 g/mol. The van der Waals surface area contributed by atoms with Crippen LogP contribution in [0.5, 0.6) is 0 Å². The first-order valence-electron chi connectivity index (χ1n) is 6.47. The Morgan fingerprint density at radius 2 is 1.71 bits per heavy atom. The van der Waals surface area contributed by atoms with Gasteiger partial charge in [-0.3, -0.25) is 4.98 Å². The lowest BCUT2D eigenvalue weighted by molar-refractivity contribution is 1.12. The summed E-state index contributed by atoms with van der Waals surface area (Å²) in [5.41, 5.74) is 9.52. The minimum Gasteiger partial charge on any atom is -0.383 e. The molecule has 0 aliphatic carbocycles. The van der Waals surface area contributed by atoms with Crippen LogP contribution in [-0.4, -0.2) is 15.0 Å². The first-order valence-corrected chi connectivity index (χ1v) is 7.26. The SMILES string of the molecule is Cc1cccnc1-c1nc(N)c(Br)c(-c2ccccc2)n1. The minimum absolute atomic E-state index is 0.406. The molecule has 0 aliphatic rings. The van der Waals surface area contributed by atoms with E-state index in [1.807, 2.05) is 49.4 Å². The van der Waals surface area contributed by atoms with Gasteiger partial charge in [-0.2, -0.15) is 0 Å². The maximum Gasteiger partial charge on any atom is 0.181 e. The maximum absolute atomic E-state index is 6.02. The van der Waals surface area contributed by atoms with E-state index in [0.717, 1.165) is 22.5 Å². The highest BCUT2D eigenvalue weighted by Crippen LogP contribution is 2.32. The van der Waals surface area contributed by atoms with Gasteiger partial charge in [-0.05, 0) is 34.5 Å². The summed E-state index contributed by atoms with van der Waals surface area (Å²) in [6.45, 7) is 1.98. The molecule has 0 bridgehead atoms. The second-order valence-corrected chi connectivity index (χ2v) is 5.42. The van der Waals surface area contributed by atoms with E-state index >= 15 is 0 Å². The number of rotatable bonds is 2. The number of aromatic nitrogens is 3. The summed E-state index contributed by atoms with van der Waals surface area (Å²) in [6.07, 6.45) is 1.73. The van der Waals surface area contributed by atoms with Crippen molar-refractivity contribution in [3.8, 4) is 22.8 Å². The number of aryl methyl sites for hydroxylation is 1. The summed E-state index contributed by atoms with van der Waals surface area (Å²) in [5, 5.41) is 0. The minimum atomic E-state index is 0.406. The zero-order valence-electron chi connectivity index (χ0n) is 11.4. The molecule has 1 aromatic carbocycles. The molecule has 5 heteroatoms. The van der Waals surface area contributed by atoms with Crippen LogP contribution in [0.25, 0.3) is 22.8 Å². The van der Waals surface area contributed by atoms with Crippen molar-refractivity contribution >= 4 is 21.7 Å². The molecule has 0 atom stereocenters. The van der Waals surface area contributed by atoms with Crippen LogP contribution in [0.4, 0.5) is 5.82 Å². The second kappa shape index (κ2) is 5.61. The smallest absolute Gasteiger partial charge is 0.181 e. The topological polar surface area (TPSA) is 64.7 Å². The normalized spacial score (nSPS) is 10.6. The van der Waals surface area contributed by atoms with Crippen LogP contribution in [0.2, 0.25) is 0 Å². The molecule has 0 amide bonds. The third kappa shape index (κ3) is 2.64. The third-order valence-corrected chi connectivity index (χ3v) is 3.93. The quantitative estimate of drug-likeness (QED) is 0.769. The predicted molar refractivity (Wildman–Crippen MR) is 87.5 cm³/mol. The molecule has 104 valence electrons. The fourth-order valence-corrected chi connectivity index (χ4v) is 2.48. The number of nitrogens with zero attached hydrogens (tertiary/aromatic N) is 3. The van der Waals surface area contributed by atoms with Gasteiger partial charge < -0.3 is 5.73 Å². The zero-order valence-corrected chi connectivity index (χ0v) is 13.0. The molecular formula is C16H13BrN4. The van der Waals surface area contributed by atoms with Crippen LogP contribution in [0.15, 0.2) is 53.1 Å². The lowest BCUT2D eigenvalue weighted by Crippen LogP contribution is -2.02. The largest absolute Gasteiger partial charge is 0.383 e. The van der Waals surface area contributed by atoms with E-state index in [0.29, 0.717) is 16.1 Å². The molecule has 0 unspecified atom stereocenters. The molecule has 4 nitrogen and oxygen atoms in total. The number of hydrogen-bond acceptors (Lipinski definition) is 4. The van der Waals surface area contributed by atoms with Gasteiger partial charge in [-0.1, -0.05) is 36.4 Å². The highest BCUT2D eigenvalue weighted by Gasteiger charge is 2.14. The van der Waals surface area contributed by atoms with Gasteiger partial charge in [0.2, 0.25) is 0 Å². The molecule has 0 aliphatic heterocycles. The second-order valence-electron chi connectivity index (χ2n) is 4.63. The number of anilines is 1. The lowest BCUT2D eigenvalue weighted by Gasteiger charge is -2.10. The first kappa shape index (κ1) is 13.7. The Kier molecular flexibility index (Phi) is 3.66. The van der Waals surface area contributed by atoms with Gasteiger partial charge in [0, 0.05) is 11.8 Å². The van der Waals surface area contributed by atoms with Crippen LogP contribution in [0, 0.1) is 6.92 Å². The number of benzene rings is 1. The van der Waals surface area contributed by atoms with Gasteiger partial charge in [0.15, 0.2) is 5.82 Å². The Morgan fingerprint density at radius 3 is 2.43 bits per heavy atom. The summed E-state index contributed by atoms with van der Waals surface area (Å²) in [4.78, 5) is 13.3. The van der Waals surface area contributed by atoms with Crippen LogP contribution < -0.4 is 5.73 Å². The van der Waals surface area contributed by atoms with Crippen molar-refractivity contribution in [3.05, 3.63) is 58.7 Å². The highest BCUT2D eigenvalue weighted by molar-refractivity contribution is 9.10. The van der Waals surface area contributed by atoms with Crippen molar-refractivity contribution in [3.63, 3.8) is 0 Å². The van der Waals surface area contributed by atoms with E-state index in [-0.39, 0.29) is 0 Å². The van der Waals surface area contributed by atoms with Crippen molar-refractivity contribution in [2.24, 2.45) is 0 Å². The summed E-state index contributed by atoms with van der Waals surface area (Å²) >= 11 is 3.47. The van der Waals surface area contributed by atoms with E-state index < -0.39 is 0 Å².